The molecule has 0 radical (unpaired) electrons. The molecule has 72 valence electrons. The van der Waals surface area contributed by atoms with Gasteiger partial charge in [-0.15, -0.1) is 0 Å². The van der Waals surface area contributed by atoms with E-state index in [2.05, 4.69) is 0 Å². The molecular weight excluding hydrogens is 180 g/mol. The lowest BCUT2D eigenvalue weighted by molar-refractivity contribution is 0.406. The summed E-state index contributed by atoms with van der Waals surface area (Å²) in [6.07, 6.45) is 0. The van der Waals surface area contributed by atoms with Crippen molar-refractivity contribution < 1.29 is 9.15 Å². The van der Waals surface area contributed by atoms with E-state index in [1.807, 2.05) is 19.1 Å². The molecule has 0 amide bonds. The first kappa shape index (κ1) is 8.81. The van der Waals surface area contributed by atoms with Crippen LogP contribution in [0.2, 0.25) is 0 Å². The molecule has 2 aromatic rings. The molecule has 0 spiro atoms. The first-order valence-corrected chi connectivity index (χ1v) is 4.30. The molecular formula is C11H10O3. The van der Waals surface area contributed by atoms with E-state index in [1.165, 1.54) is 6.07 Å². The molecule has 0 unspecified atom stereocenters. The van der Waals surface area contributed by atoms with Gasteiger partial charge in [0.2, 0.25) is 0 Å². The summed E-state index contributed by atoms with van der Waals surface area (Å²) in [6, 6.07) is 7.01. The van der Waals surface area contributed by atoms with Crippen LogP contribution in [0.3, 0.4) is 0 Å². The van der Waals surface area contributed by atoms with E-state index in [0.717, 1.165) is 10.9 Å². The van der Waals surface area contributed by atoms with Crippen LogP contribution in [0.15, 0.2) is 33.5 Å². The highest BCUT2D eigenvalue weighted by atomic mass is 16.5. The summed E-state index contributed by atoms with van der Waals surface area (Å²) in [5.41, 5.74) is 1.06. The zero-order chi connectivity index (χ0) is 10.1. The van der Waals surface area contributed by atoms with Crippen molar-refractivity contribution in [3.63, 3.8) is 0 Å². The molecule has 1 heterocycles. The number of fused-ring (bicyclic) bond motifs is 1. The summed E-state index contributed by atoms with van der Waals surface area (Å²) in [5.74, 6) is 0.586. The molecule has 0 aliphatic rings. The van der Waals surface area contributed by atoms with Crippen molar-refractivity contribution in [2.45, 2.75) is 6.92 Å². The van der Waals surface area contributed by atoms with Gasteiger partial charge >= 0.3 is 5.63 Å². The number of ether oxygens (including phenoxy) is 1. The second-order valence-corrected chi connectivity index (χ2v) is 3.09. The van der Waals surface area contributed by atoms with E-state index >= 15 is 0 Å². The third-order valence-corrected chi connectivity index (χ3v) is 2.16. The minimum absolute atomic E-state index is 0.348. The fourth-order valence-electron chi connectivity index (χ4n) is 1.48. The summed E-state index contributed by atoms with van der Waals surface area (Å²) in [7, 11) is 1.55. The van der Waals surface area contributed by atoms with Crippen LogP contribution in [0.1, 0.15) is 5.56 Å². The average molecular weight is 190 g/mol. The maximum atomic E-state index is 11.2. The van der Waals surface area contributed by atoms with Gasteiger partial charge in [-0.25, -0.2) is 4.79 Å². The van der Waals surface area contributed by atoms with Crippen molar-refractivity contribution in [2.24, 2.45) is 0 Å². The van der Waals surface area contributed by atoms with Gasteiger partial charge in [0.1, 0.15) is 0 Å². The SMILES string of the molecule is COc1cccc2c(C)cc(=O)oc12. The minimum atomic E-state index is -0.348. The number of aryl methyl sites for hydroxylation is 1. The Bertz CT molecular complexity index is 526. The Kier molecular flexibility index (Phi) is 2.00. The first-order chi connectivity index (χ1) is 6.72. The van der Waals surface area contributed by atoms with E-state index in [9.17, 15) is 4.79 Å². The Hall–Kier alpha value is -1.77. The van der Waals surface area contributed by atoms with Crippen LogP contribution in [-0.4, -0.2) is 7.11 Å². The number of methoxy groups -OCH3 is 1. The Balaban J connectivity index is 2.93. The van der Waals surface area contributed by atoms with Crippen LogP contribution in [0.25, 0.3) is 11.0 Å². The predicted octanol–water partition coefficient (Wildman–Crippen LogP) is 2.11. The maximum Gasteiger partial charge on any atom is 0.336 e. The van der Waals surface area contributed by atoms with Gasteiger partial charge in [0.15, 0.2) is 11.3 Å². The predicted molar refractivity (Wildman–Crippen MR) is 53.8 cm³/mol. The molecule has 0 aliphatic carbocycles. The van der Waals surface area contributed by atoms with Crippen molar-refractivity contribution >= 4 is 11.0 Å². The quantitative estimate of drug-likeness (QED) is 0.646. The van der Waals surface area contributed by atoms with E-state index in [-0.39, 0.29) is 5.63 Å². The van der Waals surface area contributed by atoms with Gasteiger partial charge in [0.05, 0.1) is 7.11 Å². The van der Waals surface area contributed by atoms with Gasteiger partial charge in [-0.05, 0) is 18.6 Å². The highest BCUT2D eigenvalue weighted by Crippen LogP contribution is 2.25. The van der Waals surface area contributed by atoms with Crippen LogP contribution in [-0.2, 0) is 0 Å². The lowest BCUT2D eigenvalue weighted by Crippen LogP contribution is -1.98. The maximum absolute atomic E-state index is 11.2. The highest BCUT2D eigenvalue weighted by molar-refractivity contribution is 5.85. The third-order valence-electron chi connectivity index (χ3n) is 2.16. The molecule has 0 fully saturated rings. The largest absolute Gasteiger partial charge is 0.493 e. The van der Waals surface area contributed by atoms with Crippen molar-refractivity contribution in [3.05, 3.63) is 40.2 Å². The van der Waals surface area contributed by atoms with Gasteiger partial charge in [-0.2, -0.15) is 0 Å². The zero-order valence-electron chi connectivity index (χ0n) is 8.03. The molecule has 3 nitrogen and oxygen atoms in total. The van der Waals surface area contributed by atoms with Crippen molar-refractivity contribution in [2.75, 3.05) is 7.11 Å². The standard InChI is InChI=1S/C11H10O3/c1-7-6-10(12)14-11-8(7)4-3-5-9(11)13-2/h3-6H,1-2H3. The minimum Gasteiger partial charge on any atom is -0.493 e. The molecule has 0 saturated heterocycles. The summed E-state index contributed by atoms with van der Waals surface area (Å²) in [6.45, 7) is 1.87. The fraction of sp³-hybridized carbons (Fsp3) is 0.182. The second-order valence-electron chi connectivity index (χ2n) is 3.09. The first-order valence-electron chi connectivity index (χ1n) is 4.30. The molecule has 3 heteroatoms. The Morgan fingerprint density at radius 1 is 1.36 bits per heavy atom. The molecule has 14 heavy (non-hydrogen) atoms. The third kappa shape index (κ3) is 1.27. The van der Waals surface area contributed by atoms with E-state index < -0.39 is 0 Å². The molecule has 0 bridgehead atoms. The Labute approximate surface area is 80.9 Å². The van der Waals surface area contributed by atoms with Gasteiger partial charge in [0.25, 0.3) is 0 Å². The topological polar surface area (TPSA) is 39.4 Å². The number of rotatable bonds is 1. The lowest BCUT2D eigenvalue weighted by Gasteiger charge is -2.04. The van der Waals surface area contributed by atoms with Gasteiger partial charge in [-0.1, -0.05) is 12.1 Å². The number of hydrogen-bond acceptors (Lipinski definition) is 3. The number of hydrogen-bond donors (Lipinski definition) is 0. The Morgan fingerprint density at radius 2 is 2.14 bits per heavy atom. The number of benzene rings is 1. The van der Waals surface area contributed by atoms with Crippen LogP contribution in [0.5, 0.6) is 5.75 Å². The van der Waals surface area contributed by atoms with E-state index in [0.29, 0.717) is 11.3 Å². The number of para-hydroxylation sites is 1. The normalized spacial score (nSPS) is 10.4. The molecule has 0 atom stereocenters. The van der Waals surface area contributed by atoms with Crippen LogP contribution < -0.4 is 10.4 Å². The van der Waals surface area contributed by atoms with Crippen LogP contribution in [0, 0.1) is 6.92 Å². The molecule has 2 rings (SSSR count). The zero-order valence-corrected chi connectivity index (χ0v) is 8.03. The second kappa shape index (κ2) is 3.18. The summed E-state index contributed by atoms with van der Waals surface area (Å²) < 4.78 is 10.2. The van der Waals surface area contributed by atoms with Gasteiger partial charge in [-0.3, -0.25) is 0 Å². The monoisotopic (exact) mass is 190 g/mol. The van der Waals surface area contributed by atoms with Crippen LogP contribution in [0.4, 0.5) is 0 Å². The summed E-state index contributed by atoms with van der Waals surface area (Å²) in [5, 5.41) is 0.906. The highest BCUT2D eigenvalue weighted by Gasteiger charge is 2.06. The fourth-order valence-corrected chi connectivity index (χ4v) is 1.48. The summed E-state index contributed by atoms with van der Waals surface area (Å²) in [4.78, 5) is 11.2. The van der Waals surface area contributed by atoms with Gasteiger partial charge in [0, 0.05) is 11.5 Å². The van der Waals surface area contributed by atoms with Gasteiger partial charge < -0.3 is 9.15 Å². The van der Waals surface area contributed by atoms with E-state index in [1.54, 1.807) is 13.2 Å². The van der Waals surface area contributed by atoms with Crippen molar-refractivity contribution in [3.8, 4) is 5.75 Å². The van der Waals surface area contributed by atoms with E-state index in [4.69, 9.17) is 9.15 Å². The molecule has 0 saturated carbocycles. The van der Waals surface area contributed by atoms with Crippen molar-refractivity contribution in [1.82, 2.24) is 0 Å². The van der Waals surface area contributed by atoms with Crippen LogP contribution >= 0.6 is 0 Å². The molecule has 0 N–H and O–H groups in total. The molecule has 1 aromatic carbocycles. The van der Waals surface area contributed by atoms with Crippen molar-refractivity contribution in [1.29, 1.82) is 0 Å². The molecule has 1 aromatic heterocycles. The summed E-state index contributed by atoms with van der Waals surface area (Å²) >= 11 is 0. The Morgan fingerprint density at radius 3 is 2.86 bits per heavy atom. The molecule has 0 aliphatic heterocycles. The average Bonchev–Trinajstić information content (AvgIpc) is 2.17. The lowest BCUT2D eigenvalue weighted by atomic mass is 10.1. The smallest absolute Gasteiger partial charge is 0.336 e.